The maximum Gasteiger partial charge on any atom is 0.122 e. The molecule has 3 nitrogen and oxygen atoms in total. The number of fused-ring (bicyclic) bond motifs is 1. The molecule has 0 spiro atoms. The van der Waals surface area contributed by atoms with E-state index in [0.717, 1.165) is 31.4 Å². The van der Waals surface area contributed by atoms with Crippen molar-refractivity contribution in [2.24, 2.45) is 0 Å². The van der Waals surface area contributed by atoms with E-state index in [-0.39, 0.29) is 0 Å². The Morgan fingerprint density at radius 3 is 3.10 bits per heavy atom. The van der Waals surface area contributed by atoms with Gasteiger partial charge in [-0.25, -0.2) is 4.98 Å². The third kappa shape index (κ3) is 2.34. The van der Waals surface area contributed by atoms with Crippen molar-refractivity contribution >= 4 is 11.3 Å². The highest BCUT2D eigenvalue weighted by atomic mass is 32.1. The SMILES string of the molecule is c1ccc2c(c1)OCC2CNCc1scnc1C1CC1. The Labute approximate surface area is 123 Å². The third-order valence-corrected chi connectivity index (χ3v) is 4.96. The van der Waals surface area contributed by atoms with Gasteiger partial charge in [-0.2, -0.15) is 0 Å². The largest absolute Gasteiger partial charge is 0.493 e. The van der Waals surface area contributed by atoms with Gasteiger partial charge >= 0.3 is 0 Å². The van der Waals surface area contributed by atoms with Gasteiger partial charge in [0.15, 0.2) is 0 Å². The van der Waals surface area contributed by atoms with Gasteiger partial charge in [0.1, 0.15) is 5.75 Å². The van der Waals surface area contributed by atoms with Crippen LogP contribution in [0.25, 0.3) is 0 Å². The number of para-hydroxylation sites is 1. The summed E-state index contributed by atoms with van der Waals surface area (Å²) in [5.74, 6) is 2.27. The van der Waals surface area contributed by atoms with Gasteiger partial charge in [0.25, 0.3) is 0 Å². The smallest absolute Gasteiger partial charge is 0.122 e. The van der Waals surface area contributed by atoms with Crippen LogP contribution in [0.1, 0.15) is 40.8 Å². The number of benzene rings is 1. The van der Waals surface area contributed by atoms with Crippen molar-refractivity contribution in [1.29, 1.82) is 0 Å². The monoisotopic (exact) mass is 286 g/mol. The highest BCUT2D eigenvalue weighted by Crippen LogP contribution is 2.41. The van der Waals surface area contributed by atoms with Gasteiger partial charge in [0.2, 0.25) is 0 Å². The Morgan fingerprint density at radius 2 is 2.20 bits per heavy atom. The molecule has 0 bridgehead atoms. The fraction of sp³-hybridized carbons (Fsp3) is 0.438. The maximum atomic E-state index is 5.72. The third-order valence-electron chi connectivity index (χ3n) is 4.11. The minimum Gasteiger partial charge on any atom is -0.493 e. The fourth-order valence-electron chi connectivity index (χ4n) is 2.86. The summed E-state index contributed by atoms with van der Waals surface area (Å²) in [7, 11) is 0. The number of thiazole rings is 1. The van der Waals surface area contributed by atoms with Crippen molar-refractivity contribution in [1.82, 2.24) is 10.3 Å². The van der Waals surface area contributed by atoms with Crippen LogP contribution < -0.4 is 10.1 Å². The molecule has 4 heteroatoms. The number of nitrogens with one attached hydrogen (secondary N) is 1. The van der Waals surface area contributed by atoms with Crippen molar-refractivity contribution < 1.29 is 4.74 Å². The van der Waals surface area contributed by atoms with E-state index < -0.39 is 0 Å². The summed E-state index contributed by atoms with van der Waals surface area (Å²) in [6.45, 7) is 2.71. The number of ether oxygens (including phenoxy) is 1. The van der Waals surface area contributed by atoms with Crippen LogP contribution in [0.5, 0.6) is 5.75 Å². The molecule has 1 aromatic heterocycles. The highest BCUT2D eigenvalue weighted by molar-refractivity contribution is 7.09. The average Bonchev–Trinajstić information content (AvgIpc) is 3.08. The first-order valence-corrected chi connectivity index (χ1v) is 8.14. The maximum absolute atomic E-state index is 5.72. The minimum atomic E-state index is 0.475. The van der Waals surface area contributed by atoms with Crippen LogP contribution in [-0.4, -0.2) is 18.1 Å². The zero-order valence-corrected chi connectivity index (χ0v) is 12.2. The molecule has 1 atom stereocenters. The summed E-state index contributed by atoms with van der Waals surface area (Å²) >= 11 is 1.78. The predicted molar refractivity (Wildman–Crippen MR) is 80.5 cm³/mol. The van der Waals surface area contributed by atoms with E-state index in [0.29, 0.717) is 5.92 Å². The lowest BCUT2D eigenvalue weighted by Crippen LogP contribution is -2.22. The highest BCUT2D eigenvalue weighted by Gasteiger charge is 2.28. The molecule has 1 aromatic carbocycles. The second kappa shape index (κ2) is 5.19. The van der Waals surface area contributed by atoms with Crippen LogP contribution in [0.3, 0.4) is 0 Å². The molecule has 2 aromatic rings. The first-order chi connectivity index (χ1) is 9.92. The van der Waals surface area contributed by atoms with E-state index in [4.69, 9.17) is 4.74 Å². The van der Waals surface area contributed by atoms with Crippen LogP contribution in [-0.2, 0) is 6.54 Å². The Hall–Kier alpha value is -1.39. The van der Waals surface area contributed by atoms with E-state index in [1.54, 1.807) is 11.3 Å². The molecule has 4 rings (SSSR count). The molecule has 1 fully saturated rings. The quantitative estimate of drug-likeness (QED) is 0.916. The zero-order chi connectivity index (χ0) is 13.4. The molecule has 1 N–H and O–H groups in total. The molecule has 1 aliphatic carbocycles. The van der Waals surface area contributed by atoms with E-state index in [2.05, 4.69) is 28.5 Å². The molecule has 1 saturated carbocycles. The van der Waals surface area contributed by atoms with Crippen molar-refractivity contribution in [2.75, 3.05) is 13.2 Å². The summed E-state index contributed by atoms with van der Waals surface area (Å²) in [4.78, 5) is 5.93. The van der Waals surface area contributed by atoms with Crippen molar-refractivity contribution in [3.8, 4) is 5.75 Å². The van der Waals surface area contributed by atoms with Gasteiger partial charge in [0.05, 0.1) is 17.8 Å². The first kappa shape index (κ1) is 12.4. The molecule has 0 radical (unpaired) electrons. The van der Waals surface area contributed by atoms with Crippen LogP contribution in [0, 0.1) is 0 Å². The van der Waals surface area contributed by atoms with E-state index in [9.17, 15) is 0 Å². The Balaban J connectivity index is 1.36. The fourth-order valence-corrected chi connectivity index (χ4v) is 3.68. The first-order valence-electron chi connectivity index (χ1n) is 7.26. The van der Waals surface area contributed by atoms with E-state index in [1.807, 2.05) is 11.6 Å². The molecule has 104 valence electrons. The molecule has 0 amide bonds. The van der Waals surface area contributed by atoms with Crippen LogP contribution in [0.4, 0.5) is 0 Å². The van der Waals surface area contributed by atoms with Crippen molar-refractivity contribution in [3.05, 3.63) is 45.9 Å². The van der Waals surface area contributed by atoms with Gasteiger partial charge in [-0.1, -0.05) is 18.2 Å². The predicted octanol–water partition coefficient (Wildman–Crippen LogP) is 3.29. The molecule has 20 heavy (non-hydrogen) atoms. The van der Waals surface area contributed by atoms with Gasteiger partial charge < -0.3 is 10.1 Å². The normalized spacial score (nSPS) is 20.7. The topological polar surface area (TPSA) is 34.1 Å². The Kier molecular flexibility index (Phi) is 3.20. The van der Waals surface area contributed by atoms with Crippen molar-refractivity contribution in [3.63, 3.8) is 0 Å². The second-order valence-electron chi connectivity index (χ2n) is 5.61. The Morgan fingerprint density at radius 1 is 1.30 bits per heavy atom. The van der Waals surface area contributed by atoms with Gasteiger partial charge in [-0.3, -0.25) is 0 Å². The number of nitrogens with zero attached hydrogens (tertiary/aromatic N) is 1. The standard InChI is InChI=1S/C16H18N2OS/c1-2-4-14-13(3-1)12(9-19-14)7-17-8-15-16(11-5-6-11)18-10-20-15/h1-4,10-12,17H,5-9H2. The summed E-state index contributed by atoms with van der Waals surface area (Å²) in [6, 6.07) is 8.36. The van der Waals surface area contributed by atoms with Crippen molar-refractivity contribution in [2.45, 2.75) is 31.2 Å². The minimum absolute atomic E-state index is 0.475. The molecule has 1 aliphatic heterocycles. The number of hydrogen-bond acceptors (Lipinski definition) is 4. The van der Waals surface area contributed by atoms with Gasteiger partial charge in [-0.15, -0.1) is 11.3 Å². The van der Waals surface area contributed by atoms with Gasteiger partial charge in [0, 0.05) is 35.4 Å². The molecular formula is C16H18N2OS. The lowest BCUT2D eigenvalue weighted by molar-refractivity contribution is 0.326. The molecule has 2 heterocycles. The Bertz CT molecular complexity index is 606. The summed E-state index contributed by atoms with van der Waals surface area (Å²) in [6.07, 6.45) is 2.64. The molecular weight excluding hydrogens is 268 g/mol. The van der Waals surface area contributed by atoms with Crippen LogP contribution in [0.2, 0.25) is 0 Å². The second-order valence-corrected chi connectivity index (χ2v) is 6.55. The molecule has 0 saturated heterocycles. The zero-order valence-electron chi connectivity index (χ0n) is 11.3. The number of hydrogen-bond donors (Lipinski definition) is 1. The summed E-state index contributed by atoms with van der Waals surface area (Å²) in [5.41, 5.74) is 4.66. The van der Waals surface area contributed by atoms with E-state index in [1.165, 1.54) is 29.0 Å². The lowest BCUT2D eigenvalue weighted by Gasteiger charge is -2.10. The van der Waals surface area contributed by atoms with Crippen LogP contribution in [0.15, 0.2) is 29.8 Å². The summed E-state index contributed by atoms with van der Waals surface area (Å²) < 4.78 is 5.72. The van der Waals surface area contributed by atoms with Gasteiger partial charge in [-0.05, 0) is 18.9 Å². The molecule has 1 unspecified atom stereocenters. The van der Waals surface area contributed by atoms with Crippen LogP contribution >= 0.6 is 11.3 Å². The average molecular weight is 286 g/mol. The number of aromatic nitrogens is 1. The lowest BCUT2D eigenvalue weighted by atomic mass is 10.0. The van der Waals surface area contributed by atoms with E-state index >= 15 is 0 Å². The summed E-state index contributed by atoms with van der Waals surface area (Å²) in [5, 5.41) is 3.58. The molecule has 2 aliphatic rings. The number of rotatable bonds is 5.